The van der Waals surface area contributed by atoms with E-state index in [4.69, 9.17) is 9.26 Å². The smallest absolute Gasteiger partial charge is 0.226 e. The van der Waals surface area contributed by atoms with Crippen LogP contribution in [0.2, 0.25) is 0 Å². The fraction of sp³-hybridized carbons (Fsp3) is 0.333. The minimum atomic E-state index is -0.359. The molecule has 7 heteroatoms. The Kier molecular flexibility index (Phi) is 7.01. The number of ether oxygens (including phenoxy) is 1. The highest BCUT2D eigenvalue weighted by Gasteiger charge is 2.16. The van der Waals surface area contributed by atoms with Gasteiger partial charge in [-0.3, -0.25) is 0 Å². The van der Waals surface area contributed by atoms with E-state index in [-0.39, 0.29) is 24.0 Å². The lowest BCUT2D eigenvalue weighted by Gasteiger charge is -2.07. The predicted octanol–water partition coefficient (Wildman–Crippen LogP) is 4.42. The normalized spacial score (nSPS) is 16.0. The van der Waals surface area contributed by atoms with E-state index < -0.39 is 0 Å². The van der Waals surface area contributed by atoms with Crippen LogP contribution in [0.3, 0.4) is 0 Å². The van der Waals surface area contributed by atoms with Crippen LogP contribution in [0.4, 0.5) is 4.39 Å². The Hall–Kier alpha value is -2.44. The van der Waals surface area contributed by atoms with Gasteiger partial charge in [0.1, 0.15) is 6.61 Å². The van der Waals surface area contributed by atoms with Crippen molar-refractivity contribution in [3.05, 3.63) is 65.8 Å². The molecule has 1 aromatic heterocycles. The molecule has 1 aliphatic rings. The van der Waals surface area contributed by atoms with Crippen LogP contribution >= 0.6 is 12.4 Å². The molecule has 1 N–H and O–H groups in total. The minimum absolute atomic E-state index is 0. The van der Waals surface area contributed by atoms with E-state index in [1.54, 1.807) is 18.2 Å². The first kappa shape index (κ1) is 20.3. The maximum Gasteiger partial charge on any atom is 0.226 e. The second kappa shape index (κ2) is 9.66. The lowest BCUT2D eigenvalue weighted by molar-refractivity contribution is 0.290. The lowest BCUT2D eigenvalue weighted by atomic mass is 10.0. The Morgan fingerprint density at radius 1 is 1.14 bits per heavy atom. The van der Waals surface area contributed by atoms with E-state index in [1.807, 2.05) is 24.3 Å². The highest BCUT2D eigenvalue weighted by atomic mass is 35.5. The van der Waals surface area contributed by atoms with E-state index in [0.717, 1.165) is 37.1 Å². The quantitative estimate of drug-likeness (QED) is 0.632. The molecule has 0 saturated carbocycles. The molecule has 3 aromatic rings. The summed E-state index contributed by atoms with van der Waals surface area (Å²) >= 11 is 0. The van der Waals surface area contributed by atoms with E-state index in [0.29, 0.717) is 24.2 Å². The largest absolute Gasteiger partial charge is 0.486 e. The van der Waals surface area contributed by atoms with Crippen molar-refractivity contribution in [3.63, 3.8) is 0 Å². The SMILES string of the molecule is Cl.Fc1ccccc1OCc1ccc(-c2noc(CCC3CCNC3)n2)cc1. The van der Waals surface area contributed by atoms with Crippen LogP contribution in [0, 0.1) is 11.7 Å². The standard InChI is InChI=1S/C21H22FN3O2.ClH/c22-18-3-1-2-4-19(18)26-14-16-5-8-17(9-6-16)21-24-20(27-25-21)10-7-15-11-12-23-13-15;/h1-6,8-9,15,23H,7,10-14H2;1H. The van der Waals surface area contributed by atoms with Gasteiger partial charge >= 0.3 is 0 Å². The van der Waals surface area contributed by atoms with E-state index in [9.17, 15) is 4.39 Å². The average Bonchev–Trinajstić information content (AvgIpc) is 3.38. The molecule has 28 heavy (non-hydrogen) atoms. The summed E-state index contributed by atoms with van der Waals surface area (Å²) in [6.45, 7) is 2.48. The summed E-state index contributed by atoms with van der Waals surface area (Å²) in [6.07, 6.45) is 3.10. The van der Waals surface area contributed by atoms with Crippen molar-refractivity contribution in [2.45, 2.75) is 25.9 Å². The monoisotopic (exact) mass is 403 g/mol. The molecule has 0 radical (unpaired) electrons. The second-order valence-corrected chi connectivity index (χ2v) is 6.83. The lowest BCUT2D eigenvalue weighted by Crippen LogP contribution is -2.09. The predicted molar refractivity (Wildman–Crippen MR) is 107 cm³/mol. The van der Waals surface area contributed by atoms with Gasteiger partial charge in [-0.2, -0.15) is 4.98 Å². The summed E-state index contributed by atoms with van der Waals surface area (Å²) in [6, 6.07) is 14.1. The van der Waals surface area contributed by atoms with Gasteiger partial charge in [0, 0.05) is 12.0 Å². The number of para-hydroxylation sites is 1. The molecule has 1 unspecified atom stereocenters. The summed E-state index contributed by atoms with van der Waals surface area (Å²) in [7, 11) is 0. The molecule has 1 fully saturated rings. The van der Waals surface area contributed by atoms with Crippen LogP contribution in [0.1, 0.15) is 24.3 Å². The topological polar surface area (TPSA) is 60.2 Å². The Morgan fingerprint density at radius 2 is 1.96 bits per heavy atom. The van der Waals surface area contributed by atoms with Crippen molar-refractivity contribution < 1.29 is 13.7 Å². The first-order chi connectivity index (χ1) is 13.3. The Bertz CT molecular complexity index is 879. The van der Waals surface area contributed by atoms with Crippen molar-refractivity contribution in [2.75, 3.05) is 13.1 Å². The van der Waals surface area contributed by atoms with Crippen molar-refractivity contribution in [1.29, 1.82) is 0 Å². The molecule has 4 rings (SSSR count). The first-order valence-corrected chi connectivity index (χ1v) is 9.28. The fourth-order valence-corrected chi connectivity index (χ4v) is 3.24. The van der Waals surface area contributed by atoms with Crippen molar-refractivity contribution in [3.8, 4) is 17.1 Å². The third-order valence-corrected chi connectivity index (χ3v) is 4.84. The van der Waals surface area contributed by atoms with E-state index in [2.05, 4.69) is 15.5 Å². The highest BCUT2D eigenvalue weighted by Crippen LogP contribution is 2.21. The highest BCUT2D eigenvalue weighted by molar-refractivity contribution is 5.85. The van der Waals surface area contributed by atoms with Gasteiger partial charge in [-0.25, -0.2) is 4.39 Å². The molecule has 1 saturated heterocycles. The van der Waals surface area contributed by atoms with E-state index in [1.165, 1.54) is 12.5 Å². The number of aryl methyl sites for hydroxylation is 1. The van der Waals surface area contributed by atoms with Gasteiger partial charge in [0.25, 0.3) is 0 Å². The third-order valence-electron chi connectivity index (χ3n) is 4.84. The molecule has 1 atom stereocenters. The zero-order valence-corrected chi connectivity index (χ0v) is 16.3. The molecular formula is C21H23ClFN3O2. The Balaban J connectivity index is 0.00000225. The summed E-state index contributed by atoms with van der Waals surface area (Å²) < 4.78 is 24.5. The van der Waals surface area contributed by atoms with Crippen LogP contribution in [0.15, 0.2) is 53.1 Å². The number of aromatic nitrogens is 2. The van der Waals surface area contributed by atoms with Crippen LogP contribution in [-0.4, -0.2) is 23.2 Å². The minimum Gasteiger partial charge on any atom is -0.486 e. The summed E-state index contributed by atoms with van der Waals surface area (Å²) in [5.74, 6) is 1.87. The van der Waals surface area contributed by atoms with Gasteiger partial charge in [0.05, 0.1) is 0 Å². The van der Waals surface area contributed by atoms with Crippen molar-refractivity contribution in [2.24, 2.45) is 5.92 Å². The molecule has 2 aromatic carbocycles. The van der Waals surface area contributed by atoms with Crippen LogP contribution in [-0.2, 0) is 13.0 Å². The summed E-state index contributed by atoms with van der Waals surface area (Å²) in [4.78, 5) is 4.50. The van der Waals surface area contributed by atoms with Gasteiger partial charge in [-0.05, 0) is 49.5 Å². The number of hydrogen-bond acceptors (Lipinski definition) is 5. The van der Waals surface area contributed by atoms with Gasteiger partial charge < -0.3 is 14.6 Å². The van der Waals surface area contributed by atoms with Crippen molar-refractivity contribution in [1.82, 2.24) is 15.5 Å². The zero-order valence-electron chi connectivity index (χ0n) is 15.4. The molecular weight excluding hydrogens is 381 g/mol. The zero-order chi connectivity index (χ0) is 18.5. The molecule has 2 heterocycles. The molecule has 148 valence electrons. The van der Waals surface area contributed by atoms with Gasteiger partial charge in [0.2, 0.25) is 11.7 Å². The summed E-state index contributed by atoms with van der Waals surface area (Å²) in [5.41, 5.74) is 1.83. The van der Waals surface area contributed by atoms with Crippen LogP contribution < -0.4 is 10.1 Å². The number of benzene rings is 2. The molecule has 0 aliphatic carbocycles. The number of nitrogens with one attached hydrogen (secondary N) is 1. The maximum absolute atomic E-state index is 13.6. The number of rotatable bonds is 7. The molecule has 0 bridgehead atoms. The maximum atomic E-state index is 13.6. The molecule has 1 aliphatic heterocycles. The second-order valence-electron chi connectivity index (χ2n) is 6.83. The van der Waals surface area contributed by atoms with Gasteiger partial charge in [-0.1, -0.05) is 41.6 Å². The Morgan fingerprint density at radius 3 is 2.71 bits per heavy atom. The summed E-state index contributed by atoms with van der Waals surface area (Å²) in [5, 5.41) is 7.45. The Labute approximate surface area is 169 Å². The van der Waals surface area contributed by atoms with Gasteiger partial charge in [-0.15, -0.1) is 12.4 Å². The van der Waals surface area contributed by atoms with Gasteiger partial charge in [0.15, 0.2) is 11.6 Å². The molecule has 0 amide bonds. The van der Waals surface area contributed by atoms with Crippen LogP contribution in [0.25, 0.3) is 11.4 Å². The van der Waals surface area contributed by atoms with Crippen LogP contribution in [0.5, 0.6) is 5.75 Å². The van der Waals surface area contributed by atoms with Crippen molar-refractivity contribution >= 4 is 12.4 Å². The number of hydrogen-bond donors (Lipinski definition) is 1. The van der Waals surface area contributed by atoms with E-state index >= 15 is 0 Å². The fourth-order valence-electron chi connectivity index (χ4n) is 3.24. The molecule has 5 nitrogen and oxygen atoms in total. The average molecular weight is 404 g/mol. The first-order valence-electron chi connectivity index (χ1n) is 9.28. The third kappa shape index (κ3) is 5.09. The number of halogens is 2. The molecule has 0 spiro atoms. The number of nitrogens with zero attached hydrogens (tertiary/aromatic N) is 2.